The van der Waals surface area contributed by atoms with Crippen molar-refractivity contribution in [1.82, 2.24) is 5.32 Å². The Morgan fingerprint density at radius 2 is 2.15 bits per heavy atom. The van der Waals surface area contributed by atoms with Crippen LogP contribution in [0.25, 0.3) is 0 Å². The van der Waals surface area contributed by atoms with Gasteiger partial charge in [0.15, 0.2) is 0 Å². The molecule has 6 heteroatoms. The number of carbonyl (C=O) groups is 1. The largest absolute Gasteiger partial charge is 0.366 e. The number of thiophene rings is 1. The second kappa shape index (κ2) is 6.11. The van der Waals surface area contributed by atoms with Crippen LogP contribution in [-0.2, 0) is 6.54 Å². The third kappa shape index (κ3) is 3.40. The Hall–Kier alpha value is -1.79. The van der Waals surface area contributed by atoms with E-state index in [1.165, 1.54) is 23.5 Å². The molecule has 0 aliphatic heterocycles. The van der Waals surface area contributed by atoms with Gasteiger partial charge in [-0.15, -0.1) is 11.3 Å². The van der Waals surface area contributed by atoms with Crippen LogP contribution in [0.5, 0.6) is 0 Å². The molecule has 3 N–H and O–H groups in total. The molecule has 0 saturated heterocycles. The fraction of sp³-hybridized carbons (Fsp3) is 0.214. The van der Waals surface area contributed by atoms with Crippen LogP contribution >= 0.6 is 11.3 Å². The zero-order valence-corrected chi connectivity index (χ0v) is 11.6. The Morgan fingerprint density at radius 3 is 2.75 bits per heavy atom. The fourth-order valence-electron chi connectivity index (χ4n) is 1.82. The van der Waals surface area contributed by atoms with E-state index in [1.807, 2.05) is 0 Å². The minimum Gasteiger partial charge on any atom is -0.366 e. The van der Waals surface area contributed by atoms with Gasteiger partial charge in [0.2, 0.25) is 5.91 Å². The van der Waals surface area contributed by atoms with Crippen molar-refractivity contribution in [1.29, 1.82) is 0 Å². The zero-order valence-electron chi connectivity index (χ0n) is 10.8. The molecule has 1 amide bonds. The molecule has 0 aliphatic rings. The van der Waals surface area contributed by atoms with Crippen molar-refractivity contribution >= 4 is 17.2 Å². The average molecular weight is 296 g/mol. The Bertz CT molecular complexity index is 627. The highest BCUT2D eigenvalue weighted by atomic mass is 32.1. The van der Waals surface area contributed by atoms with Gasteiger partial charge in [0.05, 0.1) is 5.56 Å². The van der Waals surface area contributed by atoms with E-state index >= 15 is 0 Å². The third-order valence-electron chi connectivity index (χ3n) is 2.95. The van der Waals surface area contributed by atoms with E-state index in [4.69, 9.17) is 5.73 Å². The highest BCUT2D eigenvalue weighted by Gasteiger charge is 2.12. The maximum atomic E-state index is 13.6. The summed E-state index contributed by atoms with van der Waals surface area (Å²) < 4.78 is 26.4. The molecule has 0 saturated carbocycles. The van der Waals surface area contributed by atoms with Gasteiger partial charge < -0.3 is 11.1 Å². The first-order chi connectivity index (χ1) is 9.47. The van der Waals surface area contributed by atoms with Crippen molar-refractivity contribution in [3.63, 3.8) is 0 Å². The third-order valence-corrected chi connectivity index (χ3v) is 3.89. The minimum atomic E-state index is -0.595. The van der Waals surface area contributed by atoms with E-state index in [1.54, 1.807) is 18.4 Å². The molecule has 1 unspecified atom stereocenters. The monoisotopic (exact) mass is 296 g/mol. The van der Waals surface area contributed by atoms with Crippen LogP contribution in [-0.4, -0.2) is 5.91 Å². The standard InChI is InChI=1S/C14H14F2N2OS/c1-8(12-3-2-10(15)5-13(12)16)18-6-11-4-9(7-20-11)14(17)19/h2-5,7-8,18H,6H2,1H3,(H2,17,19). The Labute approximate surface area is 119 Å². The van der Waals surface area contributed by atoms with Gasteiger partial charge in [-0.2, -0.15) is 0 Å². The Kier molecular flexibility index (Phi) is 4.46. The van der Waals surface area contributed by atoms with Gasteiger partial charge >= 0.3 is 0 Å². The summed E-state index contributed by atoms with van der Waals surface area (Å²) in [7, 11) is 0. The van der Waals surface area contributed by atoms with Crippen LogP contribution in [0.4, 0.5) is 8.78 Å². The molecule has 106 valence electrons. The van der Waals surface area contributed by atoms with E-state index in [-0.39, 0.29) is 6.04 Å². The first kappa shape index (κ1) is 14.6. The lowest BCUT2D eigenvalue weighted by Gasteiger charge is -2.14. The van der Waals surface area contributed by atoms with Crippen LogP contribution < -0.4 is 11.1 Å². The molecular weight excluding hydrogens is 282 g/mol. The molecular formula is C14H14F2N2OS. The smallest absolute Gasteiger partial charge is 0.249 e. The van der Waals surface area contributed by atoms with Crippen molar-refractivity contribution in [2.75, 3.05) is 0 Å². The zero-order chi connectivity index (χ0) is 14.7. The molecule has 1 aromatic carbocycles. The number of nitrogens with two attached hydrogens (primary N) is 1. The maximum Gasteiger partial charge on any atom is 0.249 e. The van der Waals surface area contributed by atoms with Gasteiger partial charge in [-0.1, -0.05) is 6.07 Å². The number of amides is 1. The van der Waals surface area contributed by atoms with Gasteiger partial charge in [-0.05, 0) is 19.1 Å². The number of nitrogens with one attached hydrogen (secondary N) is 1. The Morgan fingerprint density at radius 1 is 1.40 bits per heavy atom. The number of primary amides is 1. The second-order valence-corrected chi connectivity index (χ2v) is 5.43. The van der Waals surface area contributed by atoms with Gasteiger partial charge in [0, 0.05) is 34.5 Å². The first-order valence-corrected chi connectivity index (χ1v) is 6.91. The fourth-order valence-corrected chi connectivity index (χ4v) is 2.64. The van der Waals surface area contributed by atoms with E-state index in [0.29, 0.717) is 17.7 Å². The summed E-state index contributed by atoms with van der Waals surface area (Å²) in [6, 6.07) is 4.95. The molecule has 0 aliphatic carbocycles. The highest BCUT2D eigenvalue weighted by Crippen LogP contribution is 2.20. The summed E-state index contributed by atoms with van der Waals surface area (Å²) >= 11 is 1.40. The summed E-state index contributed by atoms with van der Waals surface area (Å²) in [5, 5.41) is 4.81. The first-order valence-electron chi connectivity index (χ1n) is 6.03. The number of halogens is 2. The second-order valence-electron chi connectivity index (χ2n) is 4.43. The van der Waals surface area contributed by atoms with E-state index in [2.05, 4.69) is 5.32 Å². The predicted octanol–water partition coefficient (Wildman–Crippen LogP) is 2.98. The van der Waals surface area contributed by atoms with Crippen LogP contribution in [0.1, 0.15) is 33.8 Å². The lowest BCUT2D eigenvalue weighted by atomic mass is 10.1. The summed E-state index contributed by atoms with van der Waals surface area (Å²) in [6.07, 6.45) is 0. The number of hydrogen-bond donors (Lipinski definition) is 2. The van der Waals surface area contributed by atoms with Crippen molar-refractivity contribution in [3.05, 3.63) is 57.3 Å². The minimum absolute atomic E-state index is 0.269. The molecule has 0 spiro atoms. The maximum absolute atomic E-state index is 13.6. The van der Waals surface area contributed by atoms with Crippen LogP contribution in [0.15, 0.2) is 29.6 Å². The molecule has 1 aromatic heterocycles. The lowest BCUT2D eigenvalue weighted by Crippen LogP contribution is -2.18. The molecule has 2 aromatic rings. The Balaban J connectivity index is 2.00. The van der Waals surface area contributed by atoms with Crippen molar-refractivity contribution in [2.24, 2.45) is 5.73 Å². The topological polar surface area (TPSA) is 55.1 Å². The average Bonchev–Trinajstić information content (AvgIpc) is 2.85. The quantitative estimate of drug-likeness (QED) is 0.891. The number of benzene rings is 1. The van der Waals surface area contributed by atoms with Gasteiger partial charge in [-0.3, -0.25) is 4.79 Å². The van der Waals surface area contributed by atoms with Crippen LogP contribution in [0, 0.1) is 11.6 Å². The SMILES string of the molecule is CC(NCc1cc(C(N)=O)cs1)c1ccc(F)cc1F. The number of carbonyl (C=O) groups excluding carboxylic acids is 1. The van der Waals surface area contributed by atoms with Crippen molar-refractivity contribution in [3.8, 4) is 0 Å². The van der Waals surface area contributed by atoms with Crippen LogP contribution in [0.3, 0.4) is 0 Å². The summed E-state index contributed by atoms with van der Waals surface area (Å²) in [5.74, 6) is -1.64. The number of hydrogen-bond acceptors (Lipinski definition) is 3. The van der Waals surface area contributed by atoms with E-state index < -0.39 is 17.5 Å². The normalized spacial score (nSPS) is 12.3. The van der Waals surface area contributed by atoms with Crippen molar-refractivity contribution < 1.29 is 13.6 Å². The van der Waals surface area contributed by atoms with Crippen LogP contribution in [0.2, 0.25) is 0 Å². The summed E-state index contributed by atoms with van der Waals surface area (Å²) in [6.45, 7) is 2.27. The van der Waals surface area contributed by atoms with E-state index in [0.717, 1.165) is 10.9 Å². The number of rotatable bonds is 5. The van der Waals surface area contributed by atoms with Crippen molar-refractivity contribution in [2.45, 2.75) is 19.5 Å². The van der Waals surface area contributed by atoms with Gasteiger partial charge in [0.25, 0.3) is 0 Å². The predicted molar refractivity (Wildman–Crippen MR) is 74.4 cm³/mol. The van der Waals surface area contributed by atoms with Gasteiger partial charge in [0.1, 0.15) is 11.6 Å². The molecule has 1 heterocycles. The molecule has 2 rings (SSSR count). The molecule has 0 radical (unpaired) electrons. The summed E-state index contributed by atoms with van der Waals surface area (Å²) in [5.41, 5.74) is 6.04. The molecule has 3 nitrogen and oxygen atoms in total. The molecule has 0 bridgehead atoms. The van der Waals surface area contributed by atoms with E-state index in [9.17, 15) is 13.6 Å². The molecule has 20 heavy (non-hydrogen) atoms. The molecule has 0 fully saturated rings. The molecule has 1 atom stereocenters. The van der Waals surface area contributed by atoms with Gasteiger partial charge in [-0.25, -0.2) is 8.78 Å². The lowest BCUT2D eigenvalue weighted by molar-refractivity contribution is 0.100. The summed E-state index contributed by atoms with van der Waals surface area (Å²) in [4.78, 5) is 11.9. The highest BCUT2D eigenvalue weighted by molar-refractivity contribution is 7.10.